The first-order valence-corrected chi connectivity index (χ1v) is 29.1. The topological polar surface area (TPSA) is 78.9 Å². The first kappa shape index (κ1) is 65.6. The van der Waals surface area contributed by atoms with E-state index in [1.165, 1.54) is 135 Å². The molecule has 0 aromatic carbocycles. The van der Waals surface area contributed by atoms with Crippen LogP contribution in [0, 0.1) is 0 Å². The molecule has 0 aromatic heterocycles. The van der Waals surface area contributed by atoms with Crippen LogP contribution >= 0.6 is 0 Å². The van der Waals surface area contributed by atoms with Crippen LogP contribution in [0.1, 0.15) is 278 Å². The van der Waals surface area contributed by atoms with Gasteiger partial charge in [0.05, 0.1) is 0 Å². The standard InChI is InChI=1S/C63H108O6/c1-4-7-10-13-16-18-20-22-24-26-28-29-30-31-32-33-34-35-36-38-39-41-43-45-47-50-53-56-62(65)68-59-60(58-67-61(64)55-52-49-15-12-9-6-3)69-63(66)57-54-51-48-46-44-42-40-37-27-25-23-21-19-17-14-11-8-5-2/h7,10,16,18-19,21-22,24-25,27-29,31-32,60H,4-6,8-9,11-15,17,20,23,26,30,33-59H2,1-3H3/b10-7-,18-16-,21-19-,24-22-,27-25-,29-28-,32-31-. The van der Waals surface area contributed by atoms with Crippen LogP contribution in [0.4, 0.5) is 0 Å². The van der Waals surface area contributed by atoms with Crippen LogP contribution in [-0.2, 0) is 28.6 Å². The molecule has 6 nitrogen and oxygen atoms in total. The van der Waals surface area contributed by atoms with Gasteiger partial charge in [0.1, 0.15) is 13.2 Å². The molecule has 0 radical (unpaired) electrons. The molecule has 0 aromatic rings. The number of rotatable bonds is 52. The lowest BCUT2D eigenvalue weighted by Gasteiger charge is -2.18. The minimum atomic E-state index is -0.778. The van der Waals surface area contributed by atoms with E-state index in [0.717, 1.165) is 103 Å². The molecular weight excluding hydrogens is 853 g/mol. The van der Waals surface area contributed by atoms with Crippen LogP contribution < -0.4 is 0 Å². The van der Waals surface area contributed by atoms with E-state index >= 15 is 0 Å². The zero-order valence-electron chi connectivity index (χ0n) is 45.3. The highest BCUT2D eigenvalue weighted by molar-refractivity contribution is 5.71. The van der Waals surface area contributed by atoms with Crippen LogP contribution in [0.25, 0.3) is 0 Å². The van der Waals surface area contributed by atoms with Gasteiger partial charge in [-0.05, 0) is 96.3 Å². The minimum absolute atomic E-state index is 0.0796. The highest BCUT2D eigenvalue weighted by atomic mass is 16.6. The molecule has 1 atom stereocenters. The van der Waals surface area contributed by atoms with Gasteiger partial charge in [0.2, 0.25) is 0 Å². The molecule has 0 rings (SSSR count). The third-order valence-electron chi connectivity index (χ3n) is 12.4. The lowest BCUT2D eigenvalue weighted by Crippen LogP contribution is -2.30. The van der Waals surface area contributed by atoms with E-state index in [1.54, 1.807) is 0 Å². The predicted octanol–water partition coefficient (Wildman–Crippen LogP) is 19.5. The van der Waals surface area contributed by atoms with Crippen molar-refractivity contribution >= 4 is 17.9 Å². The zero-order chi connectivity index (χ0) is 50.0. The van der Waals surface area contributed by atoms with E-state index in [-0.39, 0.29) is 31.1 Å². The van der Waals surface area contributed by atoms with Crippen molar-refractivity contribution in [2.75, 3.05) is 13.2 Å². The second-order valence-electron chi connectivity index (χ2n) is 19.2. The summed E-state index contributed by atoms with van der Waals surface area (Å²) in [6, 6.07) is 0. The van der Waals surface area contributed by atoms with Gasteiger partial charge in [-0.2, -0.15) is 0 Å². The molecule has 0 spiro atoms. The molecule has 0 aliphatic rings. The summed E-state index contributed by atoms with van der Waals surface area (Å²) in [5.74, 6) is -0.895. The first-order chi connectivity index (χ1) is 34.0. The number of carbonyl (C=O) groups is 3. The molecule has 0 bridgehead atoms. The maximum absolute atomic E-state index is 12.8. The molecule has 0 saturated carbocycles. The molecule has 1 unspecified atom stereocenters. The summed E-state index contributed by atoms with van der Waals surface area (Å²) in [6.45, 7) is 6.45. The molecule has 0 N–H and O–H groups in total. The number of esters is 3. The van der Waals surface area contributed by atoms with Crippen LogP contribution in [0.5, 0.6) is 0 Å². The van der Waals surface area contributed by atoms with E-state index in [1.807, 2.05) is 0 Å². The lowest BCUT2D eigenvalue weighted by atomic mass is 10.0. The van der Waals surface area contributed by atoms with Gasteiger partial charge in [-0.15, -0.1) is 0 Å². The van der Waals surface area contributed by atoms with Crippen LogP contribution in [0.2, 0.25) is 0 Å². The van der Waals surface area contributed by atoms with Gasteiger partial charge >= 0.3 is 17.9 Å². The maximum atomic E-state index is 12.8. The molecule has 0 saturated heterocycles. The summed E-state index contributed by atoms with van der Waals surface area (Å²) in [6.07, 6.45) is 74.6. The van der Waals surface area contributed by atoms with Crippen molar-refractivity contribution < 1.29 is 28.6 Å². The summed E-state index contributed by atoms with van der Waals surface area (Å²) in [5.41, 5.74) is 0. The van der Waals surface area contributed by atoms with Crippen molar-refractivity contribution in [3.8, 4) is 0 Å². The third-order valence-corrected chi connectivity index (χ3v) is 12.4. The average molecular weight is 962 g/mol. The Kier molecular flexibility index (Phi) is 54.3. The van der Waals surface area contributed by atoms with Crippen LogP contribution in [0.3, 0.4) is 0 Å². The van der Waals surface area contributed by atoms with Gasteiger partial charge < -0.3 is 14.2 Å². The first-order valence-electron chi connectivity index (χ1n) is 29.1. The monoisotopic (exact) mass is 961 g/mol. The van der Waals surface area contributed by atoms with E-state index in [4.69, 9.17) is 14.2 Å². The molecule has 69 heavy (non-hydrogen) atoms. The summed E-state index contributed by atoms with van der Waals surface area (Å²) in [5, 5.41) is 0. The number of unbranched alkanes of at least 4 members (excludes halogenated alkanes) is 27. The van der Waals surface area contributed by atoms with Gasteiger partial charge in [0.25, 0.3) is 0 Å². The molecule has 6 heteroatoms. The quantitative estimate of drug-likeness (QED) is 0.0262. The highest BCUT2D eigenvalue weighted by Crippen LogP contribution is 2.15. The lowest BCUT2D eigenvalue weighted by molar-refractivity contribution is -0.167. The zero-order valence-corrected chi connectivity index (χ0v) is 45.3. The Morgan fingerprint density at radius 3 is 0.899 bits per heavy atom. The van der Waals surface area contributed by atoms with Gasteiger partial charge in [-0.1, -0.05) is 247 Å². The van der Waals surface area contributed by atoms with E-state index in [2.05, 4.69) is 106 Å². The Morgan fingerprint density at radius 1 is 0.304 bits per heavy atom. The molecule has 396 valence electrons. The Morgan fingerprint density at radius 2 is 0.565 bits per heavy atom. The van der Waals surface area contributed by atoms with E-state index in [9.17, 15) is 14.4 Å². The Labute approximate surface area is 426 Å². The maximum Gasteiger partial charge on any atom is 0.306 e. The Balaban J connectivity index is 4.13. The number of allylic oxidation sites excluding steroid dienone is 14. The predicted molar refractivity (Wildman–Crippen MR) is 297 cm³/mol. The van der Waals surface area contributed by atoms with Crippen molar-refractivity contribution in [1.29, 1.82) is 0 Å². The second kappa shape index (κ2) is 57.2. The summed E-state index contributed by atoms with van der Waals surface area (Å²) < 4.78 is 16.8. The number of hydrogen-bond acceptors (Lipinski definition) is 6. The SMILES string of the molecule is CC/C=C\C/C=C\C/C=C\C/C=C\C/C=C\CCCCCCCCCCCCCC(=O)OCC(COC(=O)CCCCCCCC)OC(=O)CCCCCCCCC/C=C\C/C=C\CCCCCC. The summed E-state index contributed by atoms with van der Waals surface area (Å²) in [7, 11) is 0. The minimum Gasteiger partial charge on any atom is -0.462 e. The normalized spacial score (nSPS) is 12.7. The molecular formula is C63H108O6. The Hall–Kier alpha value is -3.41. The fraction of sp³-hybridized carbons (Fsp3) is 0.730. The highest BCUT2D eigenvalue weighted by Gasteiger charge is 2.19. The van der Waals surface area contributed by atoms with Crippen molar-refractivity contribution in [2.45, 2.75) is 284 Å². The largest absolute Gasteiger partial charge is 0.462 e. The van der Waals surface area contributed by atoms with Gasteiger partial charge in [0.15, 0.2) is 6.10 Å². The number of hydrogen-bond donors (Lipinski definition) is 0. The van der Waals surface area contributed by atoms with Crippen molar-refractivity contribution in [3.63, 3.8) is 0 Å². The number of carbonyl (C=O) groups excluding carboxylic acids is 3. The molecule has 0 aliphatic heterocycles. The van der Waals surface area contributed by atoms with E-state index in [0.29, 0.717) is 19.3 Å². The molecule has 0 fully saturated rings. The van der Waals surface area contributed by atoms with Gasteiger partial charge in [-0.25, -0.2) is 0 Å². The van der Waals surface area contributed by atoms with Crippen LogP contribution in [0.15, 0.2) is 85.1 Å². The fourth-order valence-corrected chi connectivity index (χ4v) is 8.03. The van der Waals surface area contributed by atoms with Gasteiger partial charge in [0, 0.05) is 19.3 Å². The van der Waals surface area contributed by atoms with Crippen molar-refractivity contribution in [3.05, 3.63) is 85.1 Å². The van der Waals surface area contributed by atoms with Crippen LogP contribution in [-0.4, -0.2) is 37.2 Å². The van der Waals surface area contributed by atoms with Gasteiger partial charge in [-0.3, -0.25) is 14.4 Å². The number of ether oxygens (including phenoxy) is 3. The fourth-order valence-electron chi connectivity index (χ4n) is 8.03. The van der Waals surface area contributed by atoms with Crippen molar-refractivity contribution in [2.24, 2.45) is 0 Å². The molecule has 0 amide bonds. The second-order valence-corrected chi connectivity index (χ2v) is 19.2. The van der Waals surface area contributed by atoms with Crippen molar-refractivity contribution in [1.82, 2.24) is 0 Å². The Bertz CT molecular complexity index is 1330. The summed E-state index contributed by atoms with van der Waals surface area (Å²) >= 11 is 0. The molecule has 0 heterocycles. The van der Waals surface area contributed by atoms with E-state index < -0.39 is 6.10 Å². The smallest absolute Gasteiger partial charge is 0.306 e. The molecule has 0 aliphatic carbocycles. The summed E-state index contributed by atoms with van der Waals surface area (Å²) in [4.78, 5) is 37.9. The third kappa shape index (κ3) is 55.4. The average Bonchev–Trinajstić information content (AvgIpc) is 3.35.